The Labute approximate surface area is 132 Å². The Bertz CT molecular complexity index is 216. The summed E-state index contributed by atoms with van der Waals surface area (Å²) >= 11 is -1.87. The van der Waals surface area contributed by atoms with Crippen LogP contribution < -0.4 is 0 Å². The van der Waals surface area contributed by atoms with Crippen LogP contribution in [-0.2, 0) is 4.79 Å². The fraction of sp³-hybridized carbons (Fsp3) is 0.944. The quantitative estimate of drug-likeness (QED) is 0.242. The van der Waals surface area contributed by atoms with Crippen molar-refractivity contribution in [3.8, 4) is 0 Å². The first-order valence-electron chi connectivity index (χ1n) is 9.09. The summed E-state index contributed by atoms with van der Waals surface area (Å²) in [5.41, 5.74) is 0. The molecule has 20 heavy (non-hydrogen) atoms. The molecule has 0 unspecified atom stereocenters. The molecule has 0 bridgehead atoms. The van der Waals surface area contributed by atoms with E-state index in [9.17, 15) is 4.79 Å². The molecule has 0 heterocycles. The first kappa shape index (κ1) is 20.5. The molecule has 0 saturated heterocycles. The van der Waals surface area contributed by atoms with Crippen molar-refractivity contribution < 1.29 is 4.79 Å². The number of rotatable bonds is 14. The van der Waals surface area contributed by atoms with Gasteiger partial charge in [-0.3, -0.25) is 0 Å². The zero-order valence-corrected chi connectivity index (χ0v) is 17.5. The summed E-state index contributed by atoms with van der Waals surface area (Å²) in [7, 11) is 0. The third-order valence-corrected chi connectivity index (χ3v) is 20.8. The molecule has 1 nitrogen and oxygen atoms in total. The van der Waals surface area contributed by atoms with Crippen LogP contribution >= 0.6 is 0 Å². The minimum atomic E-state index is -1.87. The van der Waals surface area contributed by atoms with Crippen molar-refractivity contribution in [2.75, 3.05) is 0 Å². The van der Waals surface area contributed by atoms with Crippen LogP contribution in [-0.4, -0.2) is 24.2 Å². The van der Waals surface area contributed by atoms with Crippen LogP contribution in [0.25, 0.3) is 0 Å². The van der Waals surface area contributed by atoms with Crippen molar-refractivity contribution >= 4 is 24.2 Å². The van der Waals surface area contributed by atoms with E-state index in [1.54, 1.807) is 24.7 Å². The molecule has 0 rings (SSSR count). The Hall–Kier alpha value is 0.469. The van der Waals surface area contributed by atoms with Crippen LogP contribution in [0.1, 0.15) is 85.5 Å². The summed E-state index contributed by atoms with van der Waals surface area (Å²) in [6.07, 6.45) is 11.8. The molecule has 0 radical (unpaired) electrons. The first-order valence-corrected chi connectivity index (χ1v) is 17.2. The van der Waals surface area contributed by atoms with Gasteiger partial charge in [0.25, 0.3) is 0 Å². The molecule has 0 aliphatic heterocycles. The van der Waals surface area contributed by atoms with Crippen molar-refractivity contribution in [3.05, 3.63) is 0 Å². The molecule has 0 fully saturated rings. The van der Waals surface area contributed by atoms with E-state index in [0.29, 0.717) is 5.78 Å². The zero-order chi connectivity index (χ0) is 15.3. The number of ketones is 1. The molecule has 2 heteroatoms. The second kappa shape index (κ2) is 13.2. The fourth-order valence-corrected chi connectivity index (χ4v) is 19.9. The van der Waals surface area contributed by atoms with E-state index in [1.807, 2.05) is 0 Å². The zero-order valence-electron chi connectivity index (χ0n) is 14.6. The Morgan fingerprint density at radius 3 is 1.45 bits per heavy atom. The van der Waals surface area contributed by atoms with Crippen LogP contribution in [0.5, 0.6) is 0 Å². The van der Waals surface area contributed by atoms with Crippen LogP contribution in [0, 0.1) is 0 Å². The van der Waals surface area contributed by atoms with Gasteiger partial charge in [-0.25, -0.2) is 0 Å². The normalized spacial score (nSPS) is 11.8. The molecule has 0 atom stereocenters. The molecule has 0 amide bonds. The summed E-state index contributed by atoms with van der Waals surface area (Å²) in [5, 5.41) is 0. The van der Waals surface area contributed by atoms with E-state index in [-0.39, 0.29) is 0 Å². The fourth-order valence-electron chi connectivity index (χ4n) is 3.28. The van der Waals surface area contributed by atoms with E-state index in [0.717, 1.165) is 12.8 Å². The van der Waals surface area contributed by atoms with Gasteiger partial charge in [0.05, 0.1) is 0 Å². The van der Waals surface area contributed by atoms with Crippen LogP contribution in [0.15, 0.2) is 0 Å². The summed E-state index contributed by atoms with van der Waals surface area (Å²) in [4.78, 5) is 11.1. The maximum atomic E-state index is 11.1. The van der Waals surface area contributed by atoms with Gasteiger partial charge >= 0.3 is 132 Å². The number of hydrogen-bond donors (Lipinski definition) is 0. The monoisotopic (exact) mass is 390 g/mol. The standard InChI is InChI=1S/C6H11O.3C4H9.Sn/c1-3-4-5-6(2)7;3*1-3-4-2;/h1,3-5H2,2H3;3*1,3-4H2,2H3;. The molecule has 0 aliphatic rings. The summed E-state index contributed by atoms with van der Waals surface area (Å²) in [6, 6.07) is 0. The number of carbonyl (C=O) groups excluding carboxylic acids is 1. The van der Waals surface area contributed by atoms with E-state index in [1.165, 1.54) is 44.9 Å². The van der Waals surface area contributed by atoms with E-state index < -0.39 is 18.4 Å². The number of hydrogen-bond acceptors (Lipinski definition) is 1. The first-order chi connectivity index (χ1) is 9.60. The Balaban J connectivity index is 4.44. The molecule has 0 N–H and O–H groups in total. The van der Waals surface area contributed by atoms with Crippen molar-refractivity contribution in [2.24, 2.45) is 0 Å². The number of carbonyl (C=O) groups is 1. The SMILES string of the molecule is CCC[CH2][Sn]([CH2]CCC)([CH2]CCC)[CH2]CCCC(C)=O. The summed E-state index contributed by atoms with van der Waals surface area (Å²) in [6.45, 7) is 8.76. The van der Waals surface area contributed by atoms with E-state index in [2.05, 4.69) is 20.8 Å². The third kappa shape index (κ3) is 10.2. The van der Waals surface area contributed by atoms with Crippen LogP contribution in [0.4, 0.5) is 0 Å². The van der Waals surface area contributed by atoms with Gasteiger partial charge in [0.2, 0.25) is 0 Å². The predicted octanol–water partition coefficient (Wildman–Crippen LogP) is 6.59. The Morgan fingerprint density at radius 1 is 0.700 bits per heavy atom. The van der Waals surface area contributed by atoms with E-state index >= 15 is 0 Å². The second-order valence-corrected chi connectivity index (χ2v) is 21.0. The molecule has 0 aromatic heterocycles. The molecular formula is C18H38OSn. The maximum absolute atomic E-state index is 11.1. The van der Waals surface area contributed by atoms with Gasteiger partial charge < -0.3 is 0 Å². The summed E-state index contributed by atoms with van der Waals surface area (Å²) in [5.74, 6) is 0.376. The van der Waals surface area contributed by atoms with Crippen LogP contribution in [0.2, 0.25) is 17.7 Å². The van der Waals surface area contributed by atoms with Gasteiger partial charge in [-0.2, -0.15) is 0 Å². The third-order valence-electron chi connectivity index (χ3n) is 4.67. The topological polar surface area (TPSA) is 17.1 Å². The molecule has 0 aromatic rings. The van der Waals surface area contributed by atoms with Gasteiger partial charge in [0.15, 0.2) is 0 Å². The molecule has 0 aliphatic carbocycles. The molecule has 0 aromatic carbocycles. The van der Waals surface area contributed by atoms with Crippen molar-refractivity contribution in [2.45, 2.75) is 103 Å². The molecule has 120 valence electrons. The Morgan fingerprint density at radius 2 is 1.10 bits per heavy atom. The van der Waals surface area contributed by atoms with Crippen molar-refractivity contribution in [1.29, 1.82) is 0 Å². The average Bonchev–Trinajstić information content (AvgIpc) is 2.44. The van der Waals surface area contributed by atoms with Crippen molar-refractivity contribution in [1.82, 2.24) is 0 Å². The molecule has 0 spiro atoms. The van der Waals surface area contributed by atoms with Crippen LogP contribution in [0.3, 0.4) is 0 Å². The number of Topliss-reactive ketones (excluding diaryl/α,β-unsaturated/α-hetero) is 1. The van der Waals surface area contributed by atoms with Gasteiger partial charge in [-0.05, 0) is 0 Å². The van der Waals surface area contributed by atoms with Gasteiger partial charge in [-0.1, -0.05) is 0 Å². The van der Waals surface area contributed by atoms with Gasteiger partial charge in [0, 0.05) is 0 Å². The predicted molar refractivity (Wildman–Crippen MR) is 94.2 cm³/mol. The molecular weight excluding hydrogens is 351 g/mol. The second-order valence-electron chi connectivity index (χ2n) is 6.72. The van der Waals surface area contributed by atoms with Crippen molar-refractivity contribution in [3.63, 3.8) is 0 Å². The minimum absolute atomic E-state index is 0.376. The van der Waals surface area contributed by atoms with Gasteiger partial charge in [-0.15, -0.1) is 0 Å². The summed E-state index contributed by atoms with van der Waals surface area (Å²) < 4.78 is 6.41. The van der Waals surface area contributed by atoms with E-state index in [4.69, 9.17) is 0 Å². The molecule has 0 saturated carbocycles. The van der Waals surface area contributed by atoms with Gasteiger partial charge in [0.1, 0.15) is 0 Å². The average molecular weight is 389 g/mol. The Kier molecular flexibility index (Phi) is 13.5. The number of unbranched alkanes of at least 4 members (excludes halogenated alkanes) is 4.